The van der Waals surface area contributed by atoms with Crippen molar-refractivity contribution < 1.29 is 8.78 Å². The molecule has 0 radical (unpaired) electrons. The third-order valence-electron chi connectivity index (χ3n) is 1.92. The number of benzene rings is 1. The van der Waals surface area contributed by atoms with Crippen LogP contribution in [0.5, 0.6) is 0 Å². The van der Waals surface area contributed by atoms with Gasteiger partial charge in [-0.2, -0.15) is 0 Å². The Bertz CT molecular complexity index is 345. The summed E-state index contributed by atoms with van der Waals surface area (Å²) in [5.74, 6) is -1.08. The predicted octanol–water partition coefficient (Wildman–Crippen LogP) is 3.26. The Balaban J connectivity index is 2.89. The number of rotatable bonds is 3. The molecule has 0 aliphatic carbocycles. The number of aryl methyl sites for hydroxylation is 1. The van der Waals surface area contributed by atoms with Crippen LogP contribution in [0.15, 0.2) is 24.3 Å². The first-order chi connectivity index (χ1) is 6.66. The summed E-state index contributed by atoms with van der Waals surface area (Å²) in [6.07, 6.45) is 3.61. The first-order valence-corrected chi connectivity index (χ1v) is 4.46. The lowest BCUT2D eigenvalue weighted by Gasteiger charge is -2.07. The van der Waals surface area contributed by atoms with Gasteiger partial charge in [-0.15, -0.1) is 0 Å². The molecular formula is C11H13F2N. The van der Waals surface area contributed by atoms with Gasteiger partial charge in [-0.05, 0) is 25.5 Å². The third-order valence-corrected chi connectivity index (χ3v) is 1.92. The van der Waals surface area contributed by atoms with E-state index in [-0.39, 0.29) is 5.69 Å². The van der Waals surface area contributed by atoms with Gasteiger partial charge in [-0.3, -0.25) is 0 Å². The van der Waals surface area contributed by atoms with E-state index < -0.39 is 11.6 Å². The molecule has 1 aromatic rings. The fourth-order valence-electron chi connectivity index (χ4n) is 1.10. The number of anilines is 1. The van der Waals surface area contributed by atoms with E-state index >= 15 is 0 Å². The lowest BCUT2D eigenvalue weighted by atomic mass is 10.2. The number of hydrogen-bond acceptors (Lipinski definition) is 1. The molecule has 0 aromatic heterocycles. The molecular weight excluding hydrogens is 184 g/mol. The van der Waals surface area contributed by atoms with Crippen molar-refractivity contribution in [1.82, 2.24) is 0 Å². The van der Waals surface area contributed by atoms with Gasteiger partial charge in [0.15, 0.2) is 5.82 Å². The third kappa shape index (κ3) is 2.31. The Morgan fingerprint density at radius 2 is 2.07 bits per heavy atom. The highest BCUT2D eigenvalue weighted by atomic mass is 19.1. The van der Waals surface area contributed by atoms with Crippen LogP contribution in [-0.4, -0.2) is 6.54 Å². The van der Waals surface area contributed by atoms with Crippen molar-refractivity contribution in [3.8, 4) is 0 Å². The van der Waals surface area contributed by atoms with Crippen molar-refractivity contribution in [2.24, 2.45) is 0 Å². The summed E-state index contributed by atoms with van der Waals surface area (Å²) >= 11 is 0. The first-order valence-electron chi connectivity index (χ1n) is 4.46. The van der Waals surface area contributed by atoms with E-state index in [1.54, 1.807) is 13.0 Å². The molecule has 3 heteroatoms. The monoisotopic (exact) mass is 197 g/mol. The van der Waals surface area contributed by atoms with Crippen molar-refractivity contribution in [2.75, 3.05) is 11.9 Å². The van der Waals surface area contributed by atoms with Crippen molar-refractivity contribution in [2.45, 2.75) is 13.8 Å². The highest BCUT2D eigenvalue weighted by Crippen LogP contribution is 2.21. The van der Waals surface area contributed by atoms with E-state index in [0.29, 0.717) is 12.1 Å². The smallest absolute Gasteiger partial charge is 0.152 e. The second-order valence-corrected chi connectivity index (χ2v) is 3.00. The molecule has 0 saturated carbocycles. The summed E-state index contributed by atoms with van der Waals surface area (Å²) in [6.45, 7) is 3.88. The molecule has 1 N–H and O–H groups in total. The minimum atomic E-state index is -0.558. The minimum Gasteiger partial charge on any atom is -0.377 e. The molecule has 0 fully saturated rings. The van der Waals surface area contributed by atoms with E-state index in [1.165, 1.54) is 12.1 Å². The largest absolute Gasteiger partial charge is 0.377 e. The van der Waals surface area contributed by atoms with Crippen LogP contribution in [0.1, 0.15) is 12.5 Å². The number of hydrogen-bond donors (Lipinski definition) is 1. The van der Waals surface area contributed by atoms with Crippen LogP contribution >= 0.6 is 0 Å². The molecule has 76 valence electrons. The van der Waals surface area contributed by atoms with Crippen LogP contribution in [0.2, 0.25) is 0 Å². The Kier molecular flexibility index (Phi) is 3.63. The van der Waals surface area contributed by atoms with Gasteiger partial charge in [0.05, 0.1) is 0 Å². The fraction of sp³-hybridized carbons (Fsp3) is 0.273. The summed E-state index contributed by atoms with van der Waals surface area (Å²) < 4.78 is 26.5. The highest BCUT2D eigenvalue weighted by molar-refractivity contribution is 5.49. The maximum atomic E-state index is 13.4. The first kappa shape index (κ1) is 10.7. The van der Waals surface area contributed by atoms with Crippen LogP contribution in [0, 0.1) is 18.6 Å². The summed E-state index contributed by atoms with van der Waals surface area (Å²) in [4.78, 5) is 0. The summed E-state index contributed by atoms with van der Waals surface area (Å²) in [5.41, 5.74) is 0.387. The van der Waals surface area contributed by atoms with E-state index in [9.17, 15) is 8.78 Å². The van der Waals surface area contributed by atoms with Gasteiger partial charge >= 0.3 is 0 Å². The zero-order valence-electron chi connectivity index (χ0n) is 8.27. The minimum absolute atomic E-state index is 0.0527. The van der Waals surface area contributed by atoms with E-state index in [1.807, 2.05) is 13.0 Å². The lowest BCUT2D eigenvalue weighted by molar-refractivity contribution is 0.583. The Labute approximate surface area is 82.4 Å². The molecule has 14 heavy (non-hydrogen) atoms. The van der Waals surface area contributed by atoms with Crippen LogP contribution in [-0.2, 0) is 0 Å². The Morgan fingerprint density at radius 3 is 2.71 bits per heavy atom. The van der Waals surface area contributed by atoms with Crippen LogP contribution in [0.25, 0.3) is 0 Å². The molecule has 0 amide bonds. The molecule has 0 saturated heterocycles. The molecule has 0 heterocycles. The second-order valence-electron chi connectivity index (χ2n) is 3.00. The van der Waals surface area contributed by atoms with E-state index in [2.05, 4.69) is 5.32 Å². The topological polar surface area (TPSA) is 12.0 Å². The predicted molar refractivity (Wildman–Crippen MR) is 54.4 cm³/mol. The summed E-state index contributed by atoms with van der Waals surface area (Å²) in [6, 6.07) is 2.68. The Hall–Kier alpha value is -1.38. The standard InChI is InChI=1S/C11H13F2N/c1-3-4-7-14-11-9(12)6-5-8(2)10(11)13/h3-6,14H,7H2,1-2H3/b4-3+. The Morgan fingerprint density at radius 1 is 1.36 bits per heavy atom. The lowest BCUT2D eigenvalue weighted by Crippen LogP contribution is -2.04. The maximum Gasteiger partial charge on any atom is 0.152 e. The van der Waals surface area contributed by atoms with E-state index in [4.69, 9.17) is 0 Å². The zero-order chi connectivity index (χ0) is 10.6. The molecule has 1 nitrogen and oxygen atoms in total. The van der Waals surface area contributed by atoms with Crippen molar-refractivity contribution in [3.63, 3.8) is 0 Å². The maximum absolute atomic E-state index is 13.4. The SMILES string of the molecule is C/C=C/CNc1c(F)ccc(C)c1F. The van der Waals surface area contributed by atoms with Crippen molar-refractivity contribution >= 4 is 5.69 Å². The van der Waals surface area contributed by atoms with Gasteiger partial charge in [-0.1, -0.05) is 18.2 Å². The zero-order valence-corrected chi connectivity index (χ0v) is 8.27. The van der Waals surface area contributed by atoms with Gasteiger partial charge in [-0.25, -0.2) is 8.78 Å². The highest BCUT2D eigenvalue weighted by Gasteiger charge is 2.09. The molecule has 0 aliphatic rings. The van der Waals surface area contributed by atoms with Crippen LogP contribution < -0.4 is 5.32 Å². The normalized spacial score (nSPS) is 10.9. The molecule has 0 spiro atoms. The number of halogens is 2. The second kappa shape index (κ2) is 4.74. The molecule has 0 bridgehead atoms. The van der Waals surface area contributed by atoms with Crippen LogP contribution in [0.3, 0.4) is 0 Å². The molecule has 0 atom stereocenters. The quantitative estimate of drug-likeness (QED) is 0.733. The van der Waals surface area contributed by atoms with Gasteiger partial charge < -0.3 is 5.32 Å². The molecule has 0 unspecified atom stereocenters. The van der Waals surface area contributed by atoms with Gasteiger partial charge in [0.2, 0.25) is 0 Å². The number of allylic oxidation sites excluding steroid dienone is 1. The van der Waals surface area contributed by atoms with Crippen molar-refractivity contribution in [3.05, 3.63) is 41.5 Å². The molecule has 0 aliphatic heterocycles. The fourth-order valence-corrected chi connectivity index (χ4v) is 1.10. The summed E-state index contributed by atoms with van der Waals surface area (Å²) in [5, 5.41) is 2.69. The van der Waals surface area contributed by atoms with E-state index in [0.717, 1.165) is 0 Å². The summed E-state index contributed by atoms with van der Waals surface area (Å²) in [7, 11) is 0. The van der Waals surface area contributed by atoms with Gasteiger partial charge in [0.1, 0.15) is 11.5 Å². The average Bonchev–Trinajstić information content (AvgIpc) is 2.18. The van der Waals surface area contributed by atoms with Crippen LogP contribution in [0.4, 0.5) is 14.5 Å². The van der Waals surface area contributed by atoms with Gasteiger partial charge in [0.25, 0.3) is 0 Å². The molecule has 1 aromatic carbocycles. The van der Waals surface area contributed by atoms with Crippen molar-refractivity contribution in [1.29, 1.82) is 0 Å². The van der Waals surface area contributed by atoms with Gasteiger partial charge in [0, 0.05) is 6.54 Å². The molecule has 1 rings (SSSR count). The average molecular weight is 197 g/mol. The number of nitrogens with one attached hydrogen (secondary N) is 1.